The number of amides is 2. The third kappa shape index (κ3) is 8.90. The molecule has 0 aliphatic rings. The predicted octanol–water partition coefficient (Wildman–Crippen LogP) is 6.59. The molecule has 14 heteroatoms. The molecule has 3 rings (SSSR count). The highest BCUT2D eigenvalue weighted by atomic mass is 35.5. The molecule has 2 amide bonds. The van der Waals surface area contributed by atoms with Crippen molar-refractivity contribution in [3.63, 3.8) is 0 Å². The molecule has 1 unspecified atom stereocenters. The van der Waals surface area contributed by atoms with Crippen molar-refractivity contribution in [2.75, 3.05) is 38.7 Å². The van der Waals surface area contributed by atoms with Crippen LogP contribution in [0.15, 0.2) is 59.5 Å². The number of sulfonamides is 1. The van der Waals surface area contributed by atoms with Crippen molar-refractivity contribution in [2.24, 2.45) is 0 Å². The molecule has 0 spiro atoms. The summed E-state index contributed by atoms with van der Waals surface area (Å²) in [7, 11) is -0.286. The standard InChI is InChI=1S/C32H38Cl3N3O7S/c1-6-8-15-36-32(40)26(7-2)37(19-21-9-12-24(34)25(35)16-21)31(39)20-38(27-17-22(33)10-13-28(27)43-3)46(41,42)23-11-14-29(44-4)30(18-23)45-5/h9-14,16-18,26H,6-8,15,19-20H2,1-5H3,(H,36,40). The average Bonchev–Trinajstić information content (AvgIpc) is 3.04. The maximum absolute atomic E-state index is 14.4. The minimum absolute atomic E-state index is 0.0214. The van der Waals surface area contributed by atoms with Gasteiger partial charge in [-0.25, -0.2) is 8.42 Å². The summed E-state index contributed by atoms with van der Waals surface area (Å²) in [6, 6.07) is 12.5. The van der Waals surface area contributed by atoms with E-state index in [9.17, 15) is 18.0 Å². The van der Waals surface area contributed by atoms with Gasteiger partial charge >= 0.3 is 0 Å². The number of rotatable bonds is 16. The first kappa shape index (κ1) is 37.1. The molecule has 250 valence electrons. The zero-order valence-corrected chi connectivity index (χ0v) is 29.4. The molecule has 3 aromatic carbocycles. The van der Waals surface area contributed by atoms with Crippen LogP contribution in [-0.2, 0) is 26.2 Å². The van der Waals surface area contributed by atoms with Crippen LogP contribution in [0.2, 0.25) is 15.1 Å². The fraction of sp³-hybridized carbons (Fsp3) is 0.375. The Bertz CT molecular complexity index is 1640. The van der Waals surface area contributed by atoms with Crippen LogP contribution in [0.4, 0.5) is 5.69 Å². The van der Waals surface area contributed by atoms with Crippen molar-refractivity contribution in [3.05, 3.63) is 75.2 Å². The van der Waals surface area contributed by atoms with Crippen molar-refractivity contribution in [2.45, 2.75) is 50.6 Å². The minimum Gasteiger partial charge on any atom is -0.495 e. The van der Waals surface area contributed by atoms with Crippen LogP contribution in [-0.4, -0.2) is 65.6 Å². The first-order valence-electron chi connectivity index (χ1n) is 14.5. The molecule has 0 aliphatic heterocycles. The van der Waals surface area contributed by atoms with E-state index in [2.05, 4.69) is 5.32 Å². The molecule has 46 heavy (non-hydrogen) atoms. The highest BCUT2D eigenvalue weighted by Gasteiger charge is 2.35. The molecule has 10 nitrogen and oxygen atoms in total. The van der Waals surface area contributed by atoms with Crippen LogP contribution in [0.3, 0.4) is 0 Å². The summed E-state index contributed by atoms with van der Waals surface area (Å²) in [6.07, 6.45) is 1.89. The molecule has 0 fully saturated rings. The molecule has 0 bridgehead atoms. The summed E-state index contributed by atoms with van der Waals surface area (Å²) >= 11 is 18.7. The van der Waals surface area contributed by atoms with E-state index in [1.165, 1.54) is 62.6 Å². The lowest BCUT2D eigenvalue weighted by molar-refractivity contribution is -0.140. The van der Waals surface area contributed by atoms with Crippen LogP contribution in [0.25, 0.3) is 0 Å². The van der Waals surface area contributed by atoms with Gasteiger partial charge in [0.2, 0.25) is 11.8 Å². The van der Waals surface area contributed by atoms with E-state index < -0.39 is 28.5 Å². The summed E-state index contributed by atoms with van der Waals surface area (Å²) < 4.78 is 45.8. The fourth-order valence-corrected chi connectivity index (χ4v) is 6.66. The summed E-state index contributed by atoms with van der Waals surface area (Å²) in [5.74, 6) is -0.378. The van der Waals surface area contributed by atoms with E-state index >= 15 is 0 Å². The number of hydrogen-bond donors (Lipinski definition) is 1. The van der Waals surface area contributed by atoms with E-state index in [0.29, 0.717) is 22.9 Å². The molecular formula is C32H38Cl3N3O7S. The third-order valence-electron chi connectivity index (χ3n) is 7.18. The zero-order valence-electron chi connectivity index (χ0n) is 26.3. The first-order valence-corrected chi connectivity index (χ1v) is 17.1. The Hall–Kier alpha value is -3.38. The van der Waals surface area contributed by atoms with E-state index in [0.717, 1.165) is 17.1 Å². The Morgan fingerprint density at radius 2 is 1.52 bits per heavy atom. The van der Waals surface area contributed by atoms with Gasteiger partial charge in [0.05, 0.1) is 42.0 Å². The molecule has 0 saturated heterocycles. The van der Waals surface area contributed by atoms with E-state index in [4.69, 9.17) is 49.0 Å². The van der Waals surface area contributed by atoms with Crippen LogP contribution in [0.1, 0.15) is 38.7 Å². The number of ether oxygens (including phenoxy) is 3. The summed E-state index contributed by atoms with van der Waals surface area (Å²) in [4.78, 5) is 28.9. The van der Waals surface area contributed by atoms with Crippen LogP contribution < -0.4 is 23.8 Å². The molecule has 3 aromatic rings. The van der Waals surface area contributed by atoms with Crippen molar-refractivity contribution in [1.29, 1.82) is 0 Å². The number of methoxy groups -OCH3 is 3. The van der Waals surface area contributed by atoms with Crippen LogP contribution >= 0.6 is 34.8 Å². The lowest BCUT2D eigenvalue weighted by atomic mass is 10.1. The summed E-state index contributed by atoms with van der Waals surface area (Å²) in [5.41, 5.74) is 0.616. The van der Waals surface area contributed by atoms with Gasteiger partial charge in [0.1, 0.15) is 18.3 Å². The number of nitrogens with zero attached hydrogens (tertiary/aromatic N) is 2. The maximum atomic E-state index is 14.4. The highest BCUT2D eigenvalue weighted by molar-refractivity contribution is 7.92. The van der Waals surface area contributed by atoms with Gasteiger partial charge in [-0.2, -0.15) is 0 Å². The number of carbonyl (C=O) groups is 2. The van der Waals surface area contributed by atoms with Gasteiger partial charge in [0.25, 0.3) is 10.0 Å². The molecule has 0 saturated carbocycles. The number of carbonyl (C=O) groups excluding carboxylic acids is 2. The van der Waals surface area contributed by atoms with E-state index in [1.54, 1.807) is 25.1 Å². The minimum atomic E-state index is -4.47. The fourth-order valence-electron chi connectivity index (χ4n) is 4.74. The van der Waals surface area contributed by atoms with Gasteiger partial charge in [-0.05, 0) is 60.9 Å². The molecule has 1 atom stereocenters. The molecular weight excluding hydrogens is 677 g/mol. The number of nitrogens with one attached hydrogen (secondary N) is 1. The van der Waals surface area contributed by atoms with Crippen molar-refractivity contribution >= 4 is 62.3 Å². The molecule has 1 N–H and O–H groups in total. The Labute approximate surface area is 285 Å². The largest absolute Gasteiger partial charge is 0.495 e. The van der Waals surface area contributed by atoms with Crippen molar-refractivity contribution in [1.82, 2.24) is 10.2 Å². The molecule has 0 aromatic heterocycles. The Morgan fingerprint density at radius 1 is 0.848 bits per heavy atom. The Kier molecular flexibility index (Phi) is 13.7. The predicted molar refractivity (Wildman–Crippen MR) is 181 cm³/mol. The van der Waals surface area contributed by atoms with E-state index in [-0.39, 0.29) is 51.0 Å². The van der Waals surface area contributed by atoms with Crippen LogP contribution in [0.5, 0.6) is 17.2 Å². The van der Waals surface area contributed by atoms with Gasteiger partial charge in [-0.3, -0.25) is 13.9 Å². The average molecular weight is 715 g/mol. The molecule has 0 aliphatic carbocycles. The summed E-state index contributed by atoms with van der Waals surface area (Å²) in [5, 5.41) is 3.70. The van der Waals surface area contributed by atoms with Gasteiger partial charge in [-0.1, -0.05) is 61.1 Å². The molecule has 0 heterocycles. The first-order chi connectivity index (χ1) is 21.9. The second-order valence-electron chi connectivity index (χ2n) is 10.2. The van der Waals surface area contributed by atoms with Gasteiger partial charge < -0.3 is 24.4 Å². The number of hydrogen-bond acceptors (Lipinski definition) is 7. The lowest BCUT2D eigenvalue weighted by Crippen LogP contribution is -2.52. The Morgan fingerprint density at radius 3 is 2.13 bits per heavy atom. The van der Waals surface area contributed by atoms with Crippen molar-refractivity contribution < 1.29 is 32.2 Å². The molecule has 0 radical (unpaired) electrons. The van der Waals surface area contributed by atoms with Gasteiger partial charge in [-0.15, -0.1) is 0 Å². The topological polar surface area (TPSA) is 114 Å². The van der Waals surface area contributed by atoms with Crippen molar-refractivity contribution in [3.8, 4) is 17.2 Å². The number of halogens is 3. The Balaban J connectivity index is 2.17. The van der Waals surface area contributed by atoms with Crippen LogP contribution in [0, 0.1) is 0 Å². The summed E-state index contributed by atoms with van der Waals surface area (Å²) in [6.45, 7) is 3.46. The highest BCUT2D eigenvalue weighted by Crippen LogP contribution is 2.37. The zero-order chi connectivity index (χ0) is 34.0. The lowest BCUT2D eigenvalue weighted by Gasteiger charge is -2.33. The smallest absolute Gasteiger partial charge is 0.265 e. The number of unbranched alkanes of at least 4 members (excludes halogenated alkanes) is 1. The van der Waals surface area contributed by atoms with Gasteiger partial charge in [0, 0.05) is 24.2 Å². The third-order valence-corrected chi connectivity index (χ3v) is 9.91. The quantitative estimate of drug-likeness (QED) is 0.167. The van der Waals surface area contributed by atoms with Gasteiger partial charge in [0.15, 0.2) is 11.5 Å². The monoisotopic (exact) mass is 713 g/mol. The second kappa shape index (κ2) is 17.0. The normalized spacial score (nSPS) is 11.8. The van der Waals surface area contributed by atoms with E-state index in [1.807, 2.05) is 6.92 Å². The number of anilines is 1. The number of benzene rings is 3. The SMILES string of the molecule is CCCCNC(=O)C(CC)N(Cc1ccc(Cl)c(Cl)c1)C(=O)CN(c1cc(Cl)ccc1OC)S(=O)(=O)c1ccc(OC)c(OC)c1. The second-order valence-corrected chi connectivity index (χ2v) is 13.3. The maximum Gasteiger partial charge on any atom is 0.265 e.